The highest BCUT2D eigenvalue weighted by atomic mass is 79.9. The molecule has 5 aromatic carbocycles. The Morgan fingerprint density at radius 3 is 2.18 bits per heavy atom. The Balaban J connectivity index is 1.53. The molecule has 6 rings (SSSR count). The molecule has 1 aliphatic carbocycles. The number of anilines is 2. The molecule has 0 spiro atoms. The molecule has 0 saturated carbocycles. The second kappa shape index (κ2) is 8.14. The zero-order valence-corrected chi connectivity index (χ0v) is 21.0. The third-order valence-electron chi connectivity index (χ3n) is 7.17. The quantitative estimate of drug-likeness (QED) is 0.236. The van der Waals surface area contributed by atoms with Crippen LogP contribution in [0.1, 0.15) is 30.5 Å². The van der Waals surface area contributed by atoms with Gasteiger partial charge in [0.2, 0.25) is 0 Å². The van der Waals surface area contributed by atoms with Gasteiger partial charge in [-0.3, -0.25) is 0 Å². The van der Waals surface area contributed by atoms with Crippen LogP contribution in [-0.4, -0.2) is 0 Å². The van der Waals surface area contributed by atoms with Gasteiger partial charge in [-0.25, -0.2) is 0 Å². The molecule has 0 N–H and O–H groups in total. The molecule has 0 fully saturated rings. The summed E-state index contributed by atoms with van der Waals surface area (Å²) >= 11 is 3.68. The first-order chi connectivity index (χ1) is 16.5. The summed E-state index contributed by atoms with van der Waals surface area (Å²) < 4.78 is 1.13. The van der Waals surface area contributed by atoms with Gasteiger partial charge >= 0.3 is 0 Å². The molecule has 2 heteroatoms. The van der Waals surface area contributed by atoms with Crippen LogP contribution >= 0.6 is 15.9 Å². The molecule has 0 aliphatic heterocycles. The molecule has 34 heavy (non-hydrogen) atoms. The number of fused-ring (bicyclic) bond motifs is 4. The molecule has 166 valence electrons. The highest BCUT2D eigenvalue weighted by molar-refractivity contribution is 9.10. The lowest BCUT2D eigenvalue weighted by molar-refractivity contribution is 0.659. The van der Waals surface area contributed by atoms with Gasteiger partial charge in [-0.2, -0.15) is 0 Å². The lowest BCUT2D eigenvalue weighted by Crippen LogP contribution is -2.19. The zero-order chi connectivity index (χ0) is 23.3. The van der Waals surface area contributed by atoms with Gasteiger partial charge in [0.1, 0.15) is 0 Å². The highest BCUT2D eigenvalue weighted by Crippen LogP contribution is 2.51. The maximum atomic E-state index is 3.68. The summed E-state index contributed by atoms with van der Waals surface area (Å²) in [5.74, 6) is 0. The lowest BCUT2D eigenvalue weighted by Gasteiger charge is -2.29. The van der Waals surface area contributed by atoms with Gasteiger partial charge in [0.15, 0.2) is 0 Å². The zero-order valence-electron chi connectivity index (χ0n) is 19.4. The fourth-order valence-corrected chi connectivity index (χ4v) is 5.75. The summed E-state index contributed by atoms with van der Waals surface area (Å²) in [6.45, 7) is 5.49. The number of hydrogen-bond acceptors (Lipinski definition) is 1. The summed E-state index contributed by atoms with van der Waals surface area (Å²) in [7, 11) is 0. The van der Waals surface area contributed by atoms with Crippen molar-refractivity contribution in [1.82, 2.24) is 0 Å². The fourth-order valence-electron chi connectivity index (χ4n) is 5.39. The van der Waals surface area contributed by atoms with E-state index in [1.54, 1.807) is 0 Å². The molecule has 5 aromatic rings. The van der Waals surface area contributed by atoms with Crippen LogP contribution in [0.5, 0.6) is 0 Å². The van der Waals surface area contributed by atoms with Gasteiger partial charge in [0.25, 0.3) is 0 Å². The summed E-state index contributed by atoms with van der Waals surface area (Å²) in [5, 5.41) is 2.53. The first-order valence-electron chi connectivity index (χ1n) is 11.8. The Morgan fingerprint density at radius 1 is 0.676 bits per heavy atom. The molecule has 1 aliphatic rings. The van der Waals surface area contributed by atoms with Gasteiger partial charge in [-0.1, -0.05) is 109 Å². The van der Waals surface area contributed by atoms with Gasteiger partial charge in [0.05, 0.1) is 0 Å². The molecule has 0 amide bonds. The Morgan fingerprint density at radius 2 is 1.35 bits per heavy atom. The van der Waals surface area contributed by atoms with E-state index in [1.165, 1.54) is 50.0 Å². The molecule has 0 atom stereocenters. The smallest absolute Gasteiger partial charge is 0.0493 e. The van der Waals surface area contributed by atoms with Crippen LogP contribution in [0.2, 0.25) is 0 Å². The molecule has 0 heterocycles. The van der Waals surface area contributed by atoms with E-state index in [2.05, 4.69) is 144 Å². The highest BCUT2D eigenvalue weighted by Gasteiger charge is 2.36. The van der Waals surface area contributed by atoms with Crippen LogP contribution in [0.25, 0.3) is 21.9 Å². The third kappa shape index (κ3) is 3.45. The van der Waals surface area contributed by atoms with Crippen molar-refractivity contribution in [2.45, 2.75) is 25.8 Å². The number of halogens is 1. The number of rotatable bonds is 4. The average molecular weight is 504 g/mol. The van der Waals surface area contributed by atoms with Crippen LogP contribution in [0.15, 0.2) is 114 Å². The third-order valence-corrected chi connectivity index (χ3v) is 7.67. The van der Waals surface area contributed by atoms with Gasteiger partial charge in [-0.15, -0.1) is 0 Å². The minimum absolute atomic E-state index is 0.0539. The van der Waals surface area contributed by atoms with E-state index in [0.717, 1.165) is 11.0 Å². The summed E-state index contributed by atoms with van der Waals surface area (Å²) in [6.07, 6.45) is 0. The molecular weight excluding hydrogens is 478 g/mol. The normalized spacial score (nSPS) is 13.5. The molecule has 0 bridgehead atoms. The van der Waals surface area contributed by atoms with Gasteiger partial charge in [0, 0.05) is 33.2 Å². The van der Waals surface area contributed by atoms with Crippen molar-refractivity contribution in [2.75, 3.05) is 4.90 Å². The number of benzene rings is 5. The van der Waals surface area contributed by atoms with Crippen LogP contribution < -0.4 is 4.90 Å². The Hall–Kier alpha value is -3.36. The van der Waals surface area contributed by atoms with Crippen LogP contribution in [-0.2, 0) is 12.0 Å². The summed E-state index contributed by atoms with van der Waals surface area (Å²) in [6, 6.07) is 39.7. The maximum Gasteiger partial charge on any atom is 0.0493 e. The molecule has 0 saturated heterocycles. The standard InChI is InChI=1S/C32H26BrN/c1-32(2)29-19-24(33)15-17-27(29)28-18-16-25(20-30(28)32)34(21-22-9-4-3-5-10-22)31-14-8-12-23-11-6-7-13-26(23)31/h3-20H,21H2,1-2H3. The van der Waals surface area contributed by atoms with Crippen molar-refractivity contribution in [3.63, 3.8) is 0 Å². The second-order valence-electron chi connectivity index (χ2n) is 9.61. The van der Waals surface area contributed by atoms with Crippen molar-refractivity contribution in [3.8, 4) is 11.1 Å². The van der Waals surface area contributed by atoms with E-state index in [0.29, 0.717) is 0 Å². The molecule has 0 unspecified atom stereocenters. The number of nitrogens with zero attached hydrogens (tertiary/aromatic N) is 1. The predicted octanol–water partition coefficient (Wildman–Crippen LogP) is 9.25. The van der Waals surface area contributed by atoms with Crippen molar-refractivity contribution in [2.24, 2.45) is 0 Å². The fraction of sp³-hybridized carbons (Fsp3) is 0.125. The van der Waals surface area contributed by atoms with E-state index >= 15 is 0 Å². The molecule has 0 aromatic heterocycles. The van der Waals surface area contributed by atoms with E-state index in [-0.39, 0.29) is 5.41 Å². The van der Waals surface area contributed by atoms with Crippen LogP contribution in [0.4, 0.5) is 11.4 Å². The predicted molar refractivity (Wildman–Crippen MR) is 148 cm³/mol. The number of hydrogen-bond donors (Lipinski definition) is 0. The SMILES string of the molecule is CC1(C)c2cc(Br)ccc2-c2ccc(N(Cc3ccccc3)c3cccc4ccccc34)cc21. The van der Waals surface area contributed by atoms with Crippen molar-refractivity contribution >= 4 is 38.1 Å². The van der Waals surface area contributed by atoms with Crippen LogP contribution in [0, 0.1) is 0 Å². The molecule has 0 radical (unpaired) electrons. The Bertz CT molecular complexity index is 1510. The van der Waals surface area contributed by atoms with Crippen molar-refractivity contribution < 1.29 is 0 Å². The minimum atomic E-state index is -0.0539. The van der Waals surface area contributed by atoms with Gasteiger partial charge in [-0.05, 0) is 63.5 Å². The average Bonchev–Trinajstić information content (AvgIpc) is 3.08. The van der Waals surface area contributed by atoms with Crippen LogP contribution in [0.3, 0.4) is 0 Å². The van der Waals surface area contributed by atoms with E-state index in [1.807, 2.05) is 0 Å². The monoisotopic (exact) mass is 503 g/mol. The summed E-state index contributed by atoms with van der Waals surface area (Å²) in [5.41, 5.74) is 9.15. The first-order valence-corrected chi connectivity index (χ1v) is 12.6. The topological polar surface area (TPSA) is 3.24 Å². The summed E-state index contributed by atoms with van der Waals surface area (Å²) in [4.78, 5) is 2.47. The Labute approximate surface area is 209 Å². The lowest BCUT2D eigenvalue weighted by atomic mass is 9.82. The largest absolute Gasteiger partial charge is 0.336 e. The van der Waals surface area contributed by atoms with E-state index < -0.39 is 0 Å². The minimum Gasteiger partial charge on any atom is -0.336 e. The molecular formula is C32H26BrN. The second-order valence-corrected chi connectivity index (χ2v) is 10.5. The Kier molecular flexibility index (Phi) is 5.08. The molecule has 1 nitrogen and oxygen atoms in total. The van der Waals surface area contributed by atoms with Crippen molar-refractivity contribution in [3.05, 3.63) is 130 Å². The van der Waals surface area contributed by atoms with E-state index in [4.69, 9.17) is 0 Å². The first kappa shape index (κ1) is 21.2. The van der Waals surface area contributed by atoms with Crippen molar-refractivity contribution in [1.29, 1.82) is 0 Å². The van der Waals surface area contributed by atoms with Gasteiger partial charge < -0.3 is 4.90 Å². The maximum absolute atomic E-state index is 3.68. The van der Waals surface area contributed by atoms with E-state index in [9.17, 15) is 0 Å².